The fraction of sp³-hybridized carbons (Fsp3) is 0. The first-order valence-corrected chi connectivity index (χ1v) is 5.84. The Balaban J connectivity index is 2.25. The van der Waals surface area contributed by atoms with Crippen LogP contribution >= 0.6 is 0 Å². The van der Waals surface area contributed by atoms with E-state index in [4.69, 9.17) is 10.00 Å². The minimum Gasteiger partial charge on any atom is -0.457 e. The predicted octanol–water partition coefficient (Wildman–Crippen LogP) is 4.64. The van der Waals surface area contributed by atoms with Crippen LogP contribution in [0.4, 0.5) is 0 Å². The summed E-state index contributed by atoms with van der Waals surface area (Å²) in [5, 5.41) is 8.73. The Morgan fingerprint density at radius 1 is 0.895 bits per heavy atom. The number of nitrogens with zero attached hydrogens (tertiary/aromatic N) is 1. The topological polar surface area (TPSA) is 33.0 Å². The van der Waals surface area contributed by atoms with Crippen molar-refractivity contribution < 1.29 is 4.74 Å². The molecule has 0 saturated heterocycles. The van der Waals surface area contributed by atoms with Crippen LogP contribution in [0, 0.1) is 11.3 Å². The Labute approximate surface area is 112 Å². The van der Waals surface area contributed by atoms with Gasteiger partial charge in [-0.15, -0.1) is 0 Å². The van der Waals surface area contributed by atoms with Gasteiger partial charge in [-0.3, -0.25) is 0 Å². The summed E-state index contributed by atoms with van der Waals surface area (Å²) in [5.74, 6) is 1.42. The molecule has 0 aliphatic carbocycles. The average Bonchev–Trinajstić information content (AvgIpc) is 2.48. The van der Waals surface area contributed by atoms with Gasteiger partial charge in [-0.25, -0.2) is 0 Å². The molecule has 19 heavy (non-hydrogen) atoms. The Bertz CT molecular complexity index is 648. The Kier molecular flexibility index (Phi) is 3.80. The molecule has 0 N–H and O–H groups in total. The lowest BCUT2D eigenvalue weighted by Crippen LogP contribution is -1.87. The van der Waals surface area contributed by atoms with Crippen molar-refractivity contribution >= 4 is 12.2 Å². The van der Waals surface area contributed by atoms with Gasteiger partial charge in [0.2, 0.25) is 0 Å². The van der Waals surface area contributed by atoms with Crippen molar-refractivity contribution in [3.8, 4) is 17.6 Å². The van der Waals surface area contributed by atoms with E-state index >= 15 is 0 Å². The fourth-order valence-corrected chi connectivity index (χ4v) is 1.71. The van der Waals surface area contributed by atoms with Crippen molar-refractivity contribution in [1.29, 1.82) is 5.26 Å². The summed E-state index contributed by atoms with van der Waals surface area (Å²) < 4.78 is 5.73. The first-order valence-electron chi connectivity index (χ1n) is 5.84. The van der Waals surface area contributed by atoms with Crippen molar-refractivity contribution in [1.82, 2.24) is 0 Å². The summed E-state index contributed by atoms with van der Waals surface area (Å²) in [7, 11) is 0. The number of hydrogen-bond acceptors (Lipinski definition) is 2. The summed E-state index contributed by atoms with van der Waals surface area (Å²) in [6, 6.07) is 14.8. The maximum Gasteiger partial charge on any atom is 0.128 e. The van der Waals surface area contributed by atoms with Crippen LogP contribution in [0.3, 0.4) is 0 Å². The van der Waals surface area contributed by atoms with E-state index in [-0.39, 0.29) is 0 Å². The van der Waals surface area contributed by atoms with Crippen LogP contribution in [0.15, 0.2) is 55.6 Å². The monoisotopic (exact) mass is 247 g/mol. The third kappa shape index (κ3) is 2.91. The molecule has 2 aromatic rings. The van der Waals surface area contributed by atoms with Gasteiger partial charge in [-0.2, -0.15) is 5.26 Å². The van der Waals surface area contributed by atoms with Gasteiger partial charge < -0.3 is 4.74 Å². The van der Waals surface area contributed by atoms with Crippen LogP contribution in [-0.4, -0.2) is 0 Å². The van der Waals surface area contributed by atoms with Gasteiger partial charge in [0.05, 0.1) is 11.6 Å². The summed E-state index contributed by atoms with van der Waals surface area (Å²) >= 11 is 0. The van der Waals surface area contributed by atoms with E-state index in [0.717, 1.165) is 16.9 Å². The lowest BCUT2D eigenvalue weighted by molar-refractivity contribution is 0.482. The van der Waals surface area contributed by atoms with Gasteiger partial charge in [-0.05, 0) is 47.5 Å². The van der Waals surface area contributed by atoms with Crippen molar-refractivity contribution in [3.63, 3.8) is 0 Å². The van der Waals surface area contributed by atoms with Gasteiger partial charge in [0, 0.05) is 0 Å². The molecule has 2 rings (SSSR count). The standard InChI is InChI=1S/C17H13NO/c1-3-14-7-10-17(11-15(14)4-2)19-16-8-5-13(12-18)6-9-16/h3-11H,1-2H2. The quantitative estimate of drug-likeness (QED) is 0.788. The highest BCUT2D eigenvalue weighted by Gasteiger charge is 2.01. The molecule has 0 saturated carbocycles. The van der Waals surface area contributed by atoms with Gasteiger partial charge >= 0.3 is 0 Å². The van der Waals surface area contributed by atoms with Crippen LogP contribution in [0.1, 0.15) is 16.7 Å². The Hall–Kier alpha value is -2.79. The molecule has 0 atom stereocenters. The molecule has 2 nitrogen and oxygen atoms in total. The van der Waals surface area contributed by atoms with Crippen molar-refractivity contribution in [2.45, 2.75) is 0 Å². The van der Waals surface area contributed by atoms with E-state index in [9.17, 15) is 0 Å². The zero-order valence-electron chi connectivity index (χ0n) is 10.5. The maximum atomic E-state index is 8.73. The maximum absolute atomic E-state index is 8.73. The third-order valence-electron chi connectivity index (χ3n) is 2.72. The number of rotatable bonds is 4. The largest absolute Gasteiger partial charge is 0.457 e. The molecule has 2 aromatic carbocycles. The molecule has 92 valence electrons. The lowest BCUT2D eigenvalue weighted by atomic mass is 10.1. The highest BCUT2D eigenvalue weighted by Crippen LogP contribution is 2.25. The van der Waals surface area contributed by atoms with Crippen LogP contribution < -0.4 is 4.74 Å². The van der Waals surface area contributed by atoms with Gasteiger partial charge in [0.15, 0.2) is 0 Å². The Morgan fingerprint density at radius 2 is 1.53 bits per heavy atom. The summed E-state index contributed by atoms with van der Waals surface area (Å²) in [4.78, 5) is 0. The summed E-state index contributed by atoms with van der Waals surface area (Å²) in [6.07, 6.45) is 3.55. The van der Waals surface area contributed by atoms with Crippen molar-refractivity contribution in [2.24, 2.45) is 0 Å². The molecule has 0 amide bonds. The van der Waals surface area contributed by atoms with E-state index in [1.165, 1.54) is 0 Å². The van der Waals surface area contributed by atoms with Crippen molar-refractivity contribution in [2.75, 3.05) is 0 Å². The van der Waals surface area contributed by atoms with Crippen molar-refractivity contribution in [3.05, 3.63) is 72.3 Å². The number of nitriles is 1. The zero-order chi connectivity index (χ0) is 13.7. The molecule has 0 fully saturated rings. The van der Waals surface area contributed by atoms with E-state index in [1.807, 2.05) is 18.2 Å². The molecule has 0 bridgehead atoms. The van der Waals surface area contributed by atoms with Crippen LogP contribution in [-0.2, 0) is 0 Å². The molecule has 2 heteroatoms. The minimum atomic E-state index is 0.612. The normalized spacial score (nSPS) is 9.42. The SMILES string of the molecule is C=Cc1ccc(Oc2ccc(C#N)cc2)cc1C=C. The average molecular weight is 247 g/mol. The second-order valence-electron chi connectivity index (χ2n) is 3.94. The predicted molar refractivity (Wildman–Crippen MR) is 77.9 cm³/mol. The van der Waals surface area contributed by atoms with Crippen LogP contribution in [0.5, 0.6) is 11.5 Å². The molecule has 0 unspecified atom stereocenters. The number of benzene rings is 2. The first-order chi connectivity index (χ1) is 9.26. The molecule has 0 aliphatic heterocycles. The van der Waals surface area contributed by atoms with Gasteiger partial charge in [0.25, 0.3) is 0 Å². The fourth-order valence-electron chi connectivity index (χ4n) is 1.71. The zero-order valence-corrected chi connectivity index (χ0v) is 10.5. The molecule has 0 radical (unpaired) electrons. The smallest absolute Gasteiger partial charge is 0.128 e. The molecular formula is C17H13NO. The van der Waals surface area contributed by atoms with E-state index in [2.05, 4.69) is 19.2 Å². The summed E-state index contributed by atoms with van der Waals surface area (Å²) in [5.41, 5.74) is 2.60. The van der Waals surface area contributed by atoms with Crippen LogP contribution in [0.2, 0.25) is 0 Å². The molecule has 0 heterocycles. The van der Waals surface area contributed by atoms with Gasteiger partial charge in [-0.1, -0.05) is 31.4 Å². The highest BCUT2D eigenvalue weighted by atomic mass is 16.5. The lowest BCUT2D eigenvalue weighted by Gasteiger charge is -2.08. The molecule has 0 aliphatic rings. The third-order valence-corrected chi connectivity index (χ3v) is 2.72. The first kappa shape index (κ1) is 12.7. The van der Waals surface area contributed by atoms with E-state index in [0.29, 0.717) is 11.3 Å². The van der Waals surface area contributed by atoms with E-state index in [1.54, 1.807) is 36.4 Å². The van der Waals surface area contributed by atoms with Gasteiger partial charge in [0.1, 0.15) is 11.5 Å². The molecule has 0 aromatic heterocycles. The van der Waals surface area contributed by atoms with Crippen LogP contribution in [0.25, 0.3) is 12.2 Å². The molecular weight excluding hydrogens is 234 g/mol. The minimum absolute atomic E-state index is 0.612. The second-order valence-corrected chi connectivity index (χ2v) is 3.94. The number of ether oxygens (including phenoxy) is 1. The Morgan fingerprint density at radius 3 is 2.11 bits per heavy atom. The molecule has 0 spiro atoms. The second kappa shape index (κ2) is 5.70. The van der Waals surface area contributed by atoms with E-state index < -0.39 is 0 Å². The number of hydrogen-bond donors (Lipinski definition) is 0. The highest BCUT2D eigenvalue weighted by molar-refractivity contribution is 5.65. The summed E-state index contributed by atoms with van der Waals surface area (Å²) in [6.45, 7) is 7.52.